The molecule has 0 aliphatic carbocycles. The van der Waals surface area contributed by atoms with Crippen molar-refractivity contribution in [2.45, 2.75) is 46.1 Å². The van der Waals surface area contributed by atoms with Crippen molar-refractivity contribution in [1.29, 1.82) is 0 Å². The van der Waals surface area contributed by atoms with Gasteiger partial charge in [-0.15, -0.1) is 0 Å². The lowest BCUT2D eigenvalue weighted by Crippen LogP contribution is -2.54. The third-order valence-corrected chi connectivity index (χ3v) is 8.00. The zero-order valence-corrected chi connectivity index (χ0v) is 25.2. The molecule has 2 aromatic heterocycles. The number of anilines is 1. The van der Waals surface area contributed by atoms with Gasteiger partial charge < -0.3 is 14.5 Å². The fourth-order valence-corrected chi connectivity index (χ4v) is 5.98. The van der Waals surface area contributed by atoms with Gasteiger partial charge in [0.05, 0.1) is 17.6 Å². The van der Waals surface area contributed by atoms with Gasteiger partial charge in [-0.05, 0) is 74.7 Å². The molecule has 2 aliphatic rings. The molecule has 0 unspecified atom stereocenters. The van der Waals surface area contributed by atoms with Crippen LogP contribution in [0.2, 0.25) is 0 Å². The van der Waals surface area contributed by atoms with E-state index in [4.69, 9.17) is 9.72 Å². The molecule has 0 radical (unpaired) electrons. The van der Waals surface area contributed by atoms with Gasteiger partial charge >= 0.3 is 5.69 Å². The van der Waals surface area contributed by atoms with E-state index in [1.807, 2.05) is 31.7 Å². The SMILES string of the molecule is C=CC(=O)N1CCN(c2nc(=O)n3c4nc(c(F)cc24)-c2c(F)cccc2OCCCCC(/C=C\N=C)=C\3C(C)C)[C@@H](C)C1. The van der Waals surface area contributed by atoms with Gasteiger partial charge in [0.1, 0.15) is 23.1 Å². The highest BCUT2D eigenvalue weighted by Crippen LogP contribution is 2.38. The number of carbonyl (C=O) groups is 1. The van der Waals surface area contributed by atoms with Crippen molar-refractivity contribution in [3.63, 3.8) is 0 Å². The molecule has 44 heavy (non-hydrogen) atoms. The second kappa shape index (κ2) is 12.9. The molecule has 230 valence electrons. The first-order valence-electron chi connectivity index (χ1n) is 14.7. The van der Waals surface area contributed by atoms with Gasteiger partial charge in [0.15, 0.2) is 11.5 Å². The maximum Gasteiger partial charge on any atom is 0.355 e. The van der Waals surface area contributed by atoms with Crippen molar-refractivity contribution in [2.24, 2.45) is 10.9 Å². The van der Waals surface area contributed by atoms with Gasteiger partial charge in [0.25, 0.3) is 0 Å². The van der Waals surface area contributed by atoms with Crippen molar-refractivity contribution in [3.8, 4) is 17.0 Å². The minimum atomic E-state index is -0.783. The molecular weight excluding hydrogens is 566 g/mol. The number of allylic oxidation sites excluding steroid dienone is 3. The van der Waals surface area contributed by atoms with E-state index in [0.29, 0.717) is 50.0 Å². The smallest absolute Gasteiger partial charge is 0.355 e. The molecular formula is C33H36F2N6O3. The highest BCUT2D eigenvalue weighted by molar-refractivity contribution is 5.92. The lowest BCUT2D eigenvalue weighted by atomic mass is 9.98. The summed E-state index contributed by atoms with van der Waals surface area (Å²) in [7, 11) is 0. The lowest BCUT2D eigenvalue weighted by molar-refractivity contribution is -0.126. The van der Waals surface area contributed by atoms with E-state index in [2.05, 4.69) is 23.3 Å². The van der Waals surface area contributed by atoms with E-state index in [-0.39, 0.29) is 52.9 Å². The Morgan fingerprint density at radius 3 is 2.68 bits per heavy atom. The van der Waals surface area contributed by atoms with Crippen molar-refractivity contribution in [1.82, 2.24) is 19.4 Å². The molecule has 4 heterocycles. The molecule has 2 aliphatic heterocycles. The largest absolute Gasteiger partial charge is 0.493 e. The van der Waals surface area contributed by atoms with E-state index < -0.39 is 17.3 Å². The molecule has 11 heteroatoms. The van der Waals surface area contributed by atoms with E-state index in [9.17, 15) is 9.59 Å². The molecule has 1 fully saturated rings. The first kappa shape index (κ1) is 30.8. The topological polar surface area (TPSA) is 92.9 Å². The van der Waals surface area contributed by atoms with Crippen molar-refractivity contribution >= 4 is 35.2 Å². The van der Waals surface area contributed by atoms with Crippen LogP contribution in [0.1, 0.15) is 40.0 Å². The Morgan fingerprint density at radius 2 is 1.98 bits per heavy atom. The molecule has 0 spiro atoms. The summed E-state index contributed by atoms with van der Waals surface area (Å²) in [5.41, 5.74) is 0.619. The van der Waals surface area contributed by atoms with Gasteiger partial charge in [0, 0.05) is 37.6 Å². The summed E-state index contributed by atoms with van der Waals surface area (Å²) in [4.78, 5) is 43.1. The summed E-state index contributed by atoms with van der Waals surface area (Å²) in [5.74, 6) is -1.43. The number of ether oxygens (including phenoxy) is 1. The van der Waals surface area contributed by atoms with E-state index >= 15 is 8.78 Å². The number of carbonyl (C=O) groups excluding carboxylic acids is 1. The number of benzene rings is 1. The van der Waals surface area contributed by atoms with Crippen molar-refractivity contribution in [2.75, 3.05) is 31.1 Å². The number of pyridine rings is 1. The average molecular weight is 603 g/mol. The zero-order chi connectivity index (χ0) is 31.5. The third-order valence-electron chi connectivity index (χ3n) is 8.00. The fraction of sp³-hybridized carbons (Fsp3) is 0.364. The Kier molecular flexibility index (Phi) is 9.03. The minimum absolute atomic E-state index is 0.112. The molecule has 0 N–H and O–H groups in total. The van der Waals surface area contributed by atoms with Gasteiger partial charge in [-0.1, -0.05) is 26.5 Å². The minimum Gasteiger partial charge on any atom is -0.493 e. The van der Waals surface area contributed by atoms with E-state index in [1.54, 1.807) is 17.2 Å². The first-order valence-corrected chi connectivity index (χ1v) is 14.7. The number of hydrogen-bond donors (Lipinski definition) is 0. The summed E-state index contributed by atoms with van der Waals surface area (Å²) in [6.07, 6.45) is 6.56. The summed E-state index contributed by atoms with van der Waals surface area (Å²) in [6, 6.07) is 5.33. The predicted octanol–water partition coefficient (Wildman–Crippen LogP) is 5.60. The second-order valence-corrected chi connectivity index (χ2v) is 11.3. The van der Waals surface area contributed by atoms with Crippen LogP contribution in [0.3, 0.4) is 0 Å². The molecule has 1 aromatic carbocycles. The number of piperazine rings is 1. The van der Waals surface area contributed by atoms with Crippen LogP contribution in [0, 0.1) is 17.6 Å². The summed E-state index contributed by atoms with van der Waals surface area (Å²) < 4.78 is 38.9. The van der Waals surface area contributed by atoms with Crippen LogP contribution in [0.25, 0.3) is 28.0 Å². The summed E-state index contributed by atoms with van der Waals surface area (Å²) >= 11 is 0. The zero-order valence-electron chi connectivity index (χ0n) is 25.2. The molecule has 0 saturated carbocycles. The fourth-order valence-electron chi connectivity index (χ4n) is 5.98. The van der Waals surface area contributed by atoms with Crippen molar-refractivity contribution < 1.29 is 18.3 Å². The van der Waals surface area contributed by atoms with Crippen LogP contribution < -0.4 is 15.3 Å². The molecule has 1 atom stereocenters. The summed E-state index contributed by atoms with van der Waals surface area (Å²) in [6.45, 7) is 14.3. The molecule has 3 aromatic rings. The number of halogens is 2. The molecule has 1 amide bonds. The number of nitrogens with zero attached hydrogens (tertiary/aromatic N) is 6. The monoisotopic (exact) mass is 602 g/mol. The maximum absolute atomic E-state index is 16.2. The number of rotatable bonds is 5. The number of fused-ring (bicyclic) bond motifs is 3. The van der Waals surface area contributed by atoms with Crippen LogP contribution in [0.15, 0.2) is 64.6 Å². The van der Waals surface area contributed by atoms with Crippen molar-refractivity contribution in [3.05, 3.63) is 76.9 Å². The second-order valence-electron chi connectivity index (χ2n) is 11.3. The third kappa shape index (κ3) is 5.78. The Balaban J connectivity index is 1.86. The van der Waals surface area contributed by atoms with Gasteiger partial charge in [-0.3, -0.25) is 9.79 Å². The number of amides is 1. The molecule has 9 nitrogen and oxygen atoms in total. The quantitative estimate of drug-likeness (QED) is 0.279. The van der Waals surface area contributed by atoms with Crippen LogP contribution in [-0.4, -0.2) is 64.3 Å². The summed E-state index contributed by atoms with van der Waals surface area (Å²) in [5, 5.41) is 0.290. The van der Waals surface area contributed by atoms with Crippen LogP contribution in [-0.2, 0) is 4.79 Å². The Labute approximate surface area is 254 Å². The predicted molar refractivity (Wildman–Crippen MR) is 169 cm³/mol. The standard InChI is InChI=1S/C33H36F2N6O3/c1-6-27(42)39-15-16-40(21(4)19-39)31-23-18-25(35)29-28-24(34)11-9-12-26(28)44-17-8-7-10-22(13-14-36-5)30(20(2)3)41(32(23)37-29)33(43)38-31/h6,9,11-14,18,20-21H,1,5,7-8,10,15-17,19H2,2-4H3/b14-13-,30-22+/t21-/m0/s1. The number of aliphatic imine (C=N–C) groups is 1. The highest BCUT2D eigenvalue weighted by Gasteiger charge is 2.31. The van der Waals surface area contributed by atoms with Gasteiger partial charge in [-0.25, -0.2) is 23.1 Å². The Morgan fingerprint density at radius 1 is 1.18 bits per heavy atom. The van der Waals surface area contributed by atoms with Gasteiger partial charge in [-0.2, -0.15) is 4.98 Å². The number of hydrogen-bond acceptors (Lipinski definition) is 7. The lowest BCUT2D eigenvalue weighted by Gasteiger charge is -2.40. The normalized spacial score (nSPS) is 19.4. The molecule has 5 rings (SSSR count). The van der Waals surface area contributed by atoms with E-state index in [0.717, 1.165) is 5.57 Å². The Hall–Kier alpha value is -4.67. The average Bonchev–Trinajstić information content (AvgIpc) is 3.00. The van der Waals surface area contributed by atoms with Gasteiger partial charge in [0.2, 0.25) is 5.91 Å². The van der Waals surface area contributed by atoms with Crippen LogP contribution in [0.4, 0.5) is 14.6 Å². The highest BCUT2D eigenvalue weighted by atomic mass is 19.1. The first-order chi connectivity index (χ1) is 21.2. The molecule has 2 bridgehead atoms. The van der Waals surface area contributed by atoms with E-state index in [1.165, 1.54) is 28.8 Å². The maximum atomic E-state index is 16.2. The van der Waals surface area contributed by atoms with Crippen LogP contribution >= 0.6 is 0 Å². The van der Waals surface area contributed by atoms with Crippen LogP contribution in [0.5, 0.6) is 5.75 Å². The Bertz CT molecular complexity index is 1750. The molecule has 1 saturated heterocycles. The number of aromatic nitrogens is 3.